The van der Waals surface area contributed by atoms with Crippen molar-refractivity contribution in [2.45, 2.75) is 93.4 Å². The summed E-state index contributed by atoms with van der Waals surface area (Å²) in [6, 6.07) is 27.0. The molecule has 2 atom stereocenters. The van der Waals surface area contributed by atoms with Gasteiger partial charge in [-0.05, 0) is 67.2 Å². The SMILES string of the molecule is CC(C)(C)C(P)(c1cc(-c2ccccc2)c(-c2ccccc2)cc1C(P)(C(C)(C)C)C(C)(C)C)C(C)(C)C. The summed E-state index contributed by atoms with van der Waals surface area (Å²) in [6.45, 7) is 28.8. The molecule has 0 aliphatic carbocycles. The Morgan fingerprint density at radius 2 is 0.632 bits per heavy atom. The number of benzene rings is 3. The molecule has 3 aromatic rings. The van der Waals surface area contributed by atoms with Gasteiger partial charge in [0.05, 0.1) is 0 Å². The van der Waals surface area contributed by atoms with Gasteiger partial charge in [0.2, 0.25) is 0 Å². The van der Waals surface area contributed by atoms with Crippen molar-refractivity contribution in [3.8, 4) is 22.3 Å². The van der Waals surface area contributed by atoms with Crippen molar-refractivity contribution in [3.05, 3.63) is 83.9 Å². The van der Waals surface area contributed by atoms with Crippen LogP contribution in [0.1, 0.15) is 94.2 Å². The van der Waals surface area contributed by atoms with Crippen LogP contribution < -0.4 is 0 Å². The van der Waals surface area contributed by atoms with Gasteiger partial charge in [0.25, 0.3) is 0 Å². The van der Waals surface area contributed by atoms with E-state index in [-0.39, 0.29) is 32.0 Å². The van der Waals surface area contributed by atoms with Gasteiger partial charge in [0.15, 0.2) is 0 Å². The number of hydrogen-bond acceptors (Lipinski definition) is 0. The minimum atomic E-state index is -0.188. The fraction of sp³-hybridized carbons (Fsp3) is 0.500. The third-order valence-electron chi connectivity index (χ3n) is 8.91. The molecule has 3 rings (SSSR count). The molecule has 0 aromatic heterocycles. The second-order valence-electron chi connectivity index (χ2n) is 15.3. The van der Waals surface area contributed by atoms with Crippen molar-refractivity contribution in [2.75, 3.05) is 0 Å². The van der Waals surface area contributed by atoms with E-state index in [4.69, 9.17) is 0 Å². The number of rotatable bonds is 4. The molecule has 2 heteroatoms. The third kappa shape index (κ3) is 5.18. The van der Waals surface area contributed by atoms with E-state index in [2.05, 4.69) is 174 Å². The van der Waals surface area contributed by atoms with E-state index < -0.39 is 0 Å². The van der Waals surface area contributed by atoms with Crippen molar-refractivity contribution in [1.82, 2.24) is 0 Å². The summed E-state index contributed by atoms with van der Waals surface area (Å²) in [6.07, 6.45) is 0. The van der Waals surface area contributed by atoms with Gasteiger partial charge in [-0.1, -0.05) is 144 Å². The Morgan fingerprint density at radius 3 is 0.842 bits per heavy atom. The standard InChI is InChI=1S/C36H52P2/c1-31(2,3)35(37,32(4,5)6)29-23-27(25-19-15-13-16-20-25)28(26-21-17-14-18-22-26)24-30(29)36(38,33(7,8)9)34(10,11)12/h13-24H,37-38H2,1-12H3. The summed E-state index contributed by atoms with van der Waals surface area (Å²) in [5.74, 6) is 0. The second-order valence-corrected chi connectivity index (χ2v) is 17.0. The minimum absolute atomic E-state index is 0.00572. The molecule has 0 bridgehead atoms. The highest BCUT2D eigenvalue weighted by molar-refractivity contribution is 7.19. The fourth-order valence-electron chi connectivity index (χ4n) is 6.83. The molecule has 0 aliphatic heterocycles. The zero-order chi connectivity index (χ0) is 28.9. The highest BCUT2D eigenvalue weighted by Gasteiger charge is 2.55. The van der Waals surface area contributed by atoms with Gasteiger partial charge in [0, 0.05) is 10.3 Å². The largest absolute Gasteiger partial charge is 0.125 e. The van der Waals surface area contributed by atoms with Crippen LogP contribution in [0.25, 0.3) is 22.3 Å². The van der Waals surface area contributed by atoms with E-state index >= 15 is 0 Å². The maximum absolute atomic E-state index is 3.39. The highest BCUT2D eigenvalue weighted by atomic mass is 31.0. The Labute approximate surface area is 239 Å². The first-order chi connectivity index (χ1) is 17.2. The molecule has 2 unspecified atom stereocenters. The van der Waals surface area contributed by atoms with E-state index in [0.29, 0.717) is 0 Å². The van der Waals surface area contributed by atoms with Crippen LogP contribution >= 0.6 is 18.5 Å². The summed E-state index contributed by atoms with van der Waals surface area (Å²) < 4.78 is 0. The van der Waals surface area contributed by atoms with Gasteiger partial charge in [-0.3, -0.25) is 0 Å². The van der Waals surface area contributed by atoms with Crippen molar-refractivity contribution in [2.24, 2.45) is 21.7 Å². The maximum atomic E-state index is 3.39. The first-order valence-electron chi connectivity index (χ1n) is 14.1. The Hall–Kier alpha value is -1.48. The quantitative estimate of drug-likeness (QED) is 0.286. The molecular weight excluding hydrogens is 494 g/mol. The topological polar surface area (TPSA) is 0 Å². The summed E-state index contributed by atoms with van der Waals surface area (Å²) in [7, 11) is 6.78. The maximum Gasteiger partial charge on any atom is 0.0197 e. The van der Waals surface area contributed by atoms with Crippen LogP contribution in [0, 0.1) is 21.7 Å². The Morgan fingerprint density at radius 1 is 0.395 bits per heavy atom. The average Bonchev–Trinajstić information content (AvgIpc) is 2.80. The molecule has 0 saturated carbocycles. The van der Waals surface area contributed by atoms with Crippen LogP contribution in [0.3, 0.4) is 0 Å². The van der Waals surface area contributed by atoms with Gasteiger partial charge in [0.1, 0.15) is 0 Å². The summed E-state index contributed by atoms with van der Waals surface area (Å²) in [4.78, 5) is 0. The van der Waals surface area contributed by atoms with Gasteiger partial charge in [-0.2, -0.15) is 0 Å². The lowest BCUT2D eigenvalue weighted by Crippen LogP contribution is -2.50. The molecule has 0 aliphatic rings. The Kier molecular flexibility index (Phi) is 8.31. The Balaban J connectivity index is 2.68. The molecule has 38 heavy (non-hydrogen) atoms. The minimum Gasteiger partial charge on any atom is -0.125 e. The first-order valence-corrected chi connectivity index (χ1v) is 15.2. The van der Waals surface area contributed by atoms with Crippen molar-refractivity contribution >= 4 is 18.5 Å². The van der Waals surface area contributed by atoms with Crippen molar-refractivity contribution in [3.63, 3.8) is 0 Å². The van der Waals surface area contributed by atoms with Crippen LogP contribution in [-0.2, 0) is 10.3 Å². The van der Waals surface area contributed by atoms with E-state index in [9.17, 15) is 0 Å². The molecule has 0 saturated heterocycles. The molecule has 0 fully saturated rings. The molecule has 0 nitrogen and oxygen atoms in total. The second kappa shape index (κ2) is 10.2. The van der Waals surface area contributed by atoms with Gasteiger partial charge < -0.3 is 0 Å². The van der Waals surface area contributed by atoms with E-state index in [1.807, 2.05) is 0 Å². The van der Waals surface area contributed by atoms with Crippen LogP contribution in [0.2, 0.25) is 0 Å². The smallest absolute Gasteiger partial charge is 0.0197 e. The van der Waals surface area contributed by atoms with E-state index in [1.165, 1.54) is 33.4 Å². The third-order valence-corrected chi connectivity index (χ3v) is 13.0. The molecule has 0 heterocycles. The first kappa shape index (κ1) is 31.1. The zero-order valence-electron chi connectivity index (χ0n) is 26.1. The monoisotopic (exact) mass is 546 g/mol. The van der Waals surface area contributed by atoms with Crippen molar-refractivity contribution in [1.29, 1.82) is 0 Å². The lowest BCUT2D eigenvalue weighted by molar-refractivity contribution is 0.118. The normalized spacial score (nSPS) is 14.1. The lowest BCUT2D eigenvalue weighted by Gasteiger charge is -2.57. The molecule has 206 valence electrons. The van der Waals surface area contributed by atoms with Gasteiger partial charge in [-0.15, -0.1) is 18.5 Å². The van der Waals surface area contributed by atoms with Gasteiger partial charge >= 0.3 is 0 Å². The highest BCUT2D eigenvalue weighted by Crippen LogP contribution is 2.65. The van der Waals surface area contributed by atoms with E-state index in [1.54, 1.807) is 0 Å². The summed E-state index contributed by atoms with van der Waals surface area (Å²) in [5.41, 5.74) is 7.95. The number of hydrogen-bond donors (Lipinski definition) is 0. The van der Waals surface area contributed by atoms with Crippen LogP contribution in [0.15, 0.2) is 72.8 Å². The fourth-order valence-corrected chi connectivity index (χ4v) is 7.31. The molecular formula is C36H52P2. The van der Waals surface area contributed by atoms with Crippen LogP contribution in [0.4, 0.5) is 0 Å². The van der Waals surface area contributed by atoms with Crippen LogP contribution in [0.5, 0.6) is 0 Å². The molecule has 0 radical (unpaired) electrons. The predicted octanol–water partition coefficient (Wildman–Crippen LogP) is 11.3. The van der Waals surface area contributed by atoms with Crippen molar-refractivity contribution < 1.29 is 0 Å². The molecule has 0 spiro atoms. The van der Waals surface area contributed by atoms with Gasteiger partial charge in [-0.25, -0.2) is 0 Å². The predicted molar refractivity (Wildman–Crippen MR) is 178 cm³/mol. The lowest BCUT2D eigenvalue weighted by atomic mass is 9.56. The average molecular weight is 547 g/mol. The molecule has 0 N–H and O–H groups in total. The van der Waals surface area contributed by atoms with E-state index in [0.717, 1.165) is 0 Å². The molecule has 0 amide bonds. The zero-order valence-corrected chi connectivity index (χ0v) is 28.4. The molecule has 3 aromatic carbocycles. The Bertz CT molecular complexity index is 1110. The summed E-state index contributed by atoms with van der Waals surface area (Å²) in [5, 5.41) is -0.376. The van der Waals surface area contributed by atoms with Crippen LogP contribution in [-0.4, -0.2) is 0 Å². The summed E-state index contributed by atoms with van der Waals surface area (Å²) >= 11 is 0.